The molecule has 12 heavy (non-hydrogen) atoms. The topological polar surface area (TPSA) is 38.7 Å². The van der Waals surface area contributed by atoms with Crippen LogP contribution in [0.3, 0.4) is 0 Å². The second-order valence-corrected chi connectivity index (χ2v) is 5.50. The van der Waals surface area contributed by atoms with E-state index in [1.54, 1.807) is 18.7 Å². The van der Waals surface area contributed by atoms with Gasteiger partial charge < -0.3 is 4.18 Å². The zero-order valence-electron chi connectivity index (χ0n) is 6.77. The Morgan fingerprint density at radius 2 is 2.50 bits per heavy atom. The molecule has 1 rings (SSSR count). The van der Waals surface area contributed by atoms with Gasteiger partial charge in [-0.05, 0) is 10.3 Å². The third-order valence-electron chi connectivity index (χ3n) is 1.36. The lowest BCUT2D eigenvalue weighted by atomic mass is 10.5. The van der Waals surface area contributed by atoms with Crippen LogP contribution in [-0.4, -0.2) is 16.6 Å². The predicted octanol–water partition coefficient (Wildman–Crippen LogP) is 2.06. The summed E-state index contributed by atoms with van der Waals surface area (Å²) in [7, 11) is -1.57. The summed E-state index contributed by atoms with van der Waals surface area (Å²) in [6.07, 6.45) is 2.04. The van der Waals surface area contributed by atoms with Gasteiger partial charge in [0.1, 0.15) is 0 Å². The van der Waals surface area contributed by atoms with E-state index in [2.05, 4.69) is 17.6 Å². The Morgan fingerprint density at radius 3 is 2.92 bits per heavy atom. The smallest absolute Gasteiger partial charge is 0.316 e. The molecule has 0 N–H and O–H groups in total. The Hall–Kier alpha value is -0.420. The normalized spacial score (nSPS) is 31.5. The van der Waals surface area contributed by atoms with Crippen LogP contribution in [0.4, 0.5) is 0 Å². The van der Waals surface area contributed by atoms with Gasteiger partial charge in [0.05, 0.1) is 10.6 Å². The van der Waals surface area contributed by atoms with Crippen molar-refractivity contribution in [3.63, 3.8) is 0 Å². The summed E-state index contributed by atoms with van der Waals surface area (Å²) >= 11 is 4.13. The largest absolute Gasteiger partial charge is 0.405 e. The summed E-state index contributed by atoms with van der Waals surface area (Å²) in [5.41, 5.74) is 1.67. The van der Waals surface area contributed by atoms with Gasteiger partial charge in [-0.15, -0.1) is 0 Å². The maximum Gasteiger partial charge on any atom is 0.316 e. The Balaban J connectivity index is 2.63. The Labute approximate surface area is 78.8 Å². The molecule has 1 aliphatic heterocycles. The van der Waals surface area contributed by atoms with E-state index in [4.69, 9.17) is 4.18 Å². The molecule has 0 radical (unpaired) electrons. The predicted molar refractivity (Wildman–Crippen MR) is 55.5 cm³/mol. The highest BCUT2D eigenvalue weighted by Gasteiger charge is 2.23. The summed E-state index contributed by atoms with van der Waals surface area (Å²) in [4.78, 5) is 14.9. The van der Waals surface area contributed by atoms with E-state index in [-0.39, 0.29) is 5.97 Å². The van der Waals surface area contributed by atoms with Crippen molar-refractivity contribution in [2.45, 2.75) is 13.3 Å². The molecule has 1 unspecified atom stereocenters. The molecule has 0 saturated carbocycles. The van der Waals surface area contributed by atoms with Crippen molar-refractivity contribution >= 4 is 34.5 Å². The van der Waals surface area contributed by atoms with Crippen molar-refractivity contribution in [1.29, 1.82) is 0 Å². The van der Waals surface area contributed by atoms with Gasteiger partial charge in [0.2, 0.25) is 0 Å². The lowest BCUT2D eigenvalue weighted by Gasteiger charge is -2.26. The molecule has 0 aromatic heterocycles. The van der Waals surface area contributed by atoms with Crippen molar-refractivity contribution in [2.75, 3.05) is 5.08 Å². The molecule has 0 bridgehead atoms. The van der Waals surface area contributed by atoms with Crippen molar-refractivity contribution in [3.8, 4) is 0 Å². The van der Waals surface area contributed by atoms with Gasteiger partial charge in [-0.2, -0.15) is 12.6 Å². The van der Waals surface area contributed by atoms with Crippen LogP contribution in [0.1, 0.15) is 13.3 Å². The first kappa shape index (κ1) is 9.67. The first-order chi connectivity index (χ1) is 5.72. The standard InChI is InChI=1S/C7H11NO2S2/c1-2-7(9)10-12(6-11)4-3-8-5-12/h3-5,11H,2,6H2,1H3. The summed E-state index contributed by atoms with van der Waals surface area (Å²) in [5.74, 6) is -0.197. The summed E-state index contributed by atoms with van der Waals surface area (Å²) < 4.78 is 5.23. The van der Waals surface area contributed by atoms with E-state index in [9.17, 15) is 4.79 Å². The maximum atomic E-state index is 11.0. The van der Waals surface area contributed by atoms with Crippen molar-refractivity contribution in [3.05, 3.63) is 11.6 Å². The number of rotatable bonds is 3. The molecule has 0 saturated heterocycles. The van der Waals surface area contributed by atoms with E-state index in [0.29, 0.717) is 11.5 Å². The van der Waals surface area contributed by atoms with Gasteiger partial charge >= 0.3 is 5.97 Å². The van der Waals surface area contributed by atoms with Gasteiger partial charge in [0.15, 0.2) is 0 Å². The lowest BCUT2D eigenvalue weighted by molar-refractivity contribution is -0.132. The van der Waals surface area contributed by atoms with Crippen LogP contribution < -0.4 is 0 Å². The number of hydrogen-bond acceptors (Lipinski definition) is 4. The minimum absolute atomic E-state index is 0.197. The average molecular weight is 205 g/mol. The quantitative estimate of drug-likeness (QED) is 0.716. The van der Waals surface area contributed by atoms with Crippen LogP contribution in [0.15, 0.2) is 16.6 Å². The molecule has 0 aromatic carbocycles. The monoisotopic (exact) mass is 205 g/mol. The zero-order valence-corrected chi connectivity index (χ0v) is 8.48. The number of aliphatic imine (C=N–C) groups is 1. The number of thiol groups is 1. The van der Waals surface area contributed by atoms with E-state index < -0.39 is 10.3 Å². The fraction of sp³-hybridized carbons (Fsp3) is 0.429. The fourth-order valence-corrected chi connectivity index (χ4v) is 2.70. The molecular formula is C7H11NO2S2. The van der Waals surface area contributed by atoms with E-state index in [0.717, 1.165) is 0 Å². The molecule has 1 aliphatic rings. The zero-order chi connectivity index (χ0) is 9.03. The van der Waals surface area contributed by atoms with Crippen LogP contribution in [-0.2, 0) is 8.98 Å². The van der Waals surface area contributed by atoms with E-state index >= 15 is 0 Å². The number of carbonyl (C=O) groups excluding carboxylic acids is 1. The maximum absolute atomic E-state index is 11.0. The molecule has 1 atom stereocenters. The molecule has 1 heterocycles. The number of carbonyl (C=O) groups is 1. The highest BCUT2D eigenvalue weighted by Crippen LogP contribution is 2.51. The van der Waals surface area contributed by atoms with Crippen molar-refractivity contribution in [2.24, 2.45) is 4.99 Å². The van der Waals surface area contributed by atoms with Crippen LogP contribution >= 0.6 is 22.9 Å². The van der Waals surface area contributed by atoms with Gasteiger partial charge in [-0.1, -0.05) is 6.92 Å². The lowest BCUT2D eigenvalue weighted by Crippen LogP contribution is -2.09. The van der Waals surface area contributed by atoms with Gasteiger partial charge in [0, 0.05) is 18.0 Å². The Morgan fingerprint density at radius 1 is 1.75 bits per heavy atom. The second-order valence-electron chi connectivity index (χ2n) is 2.26. The summed E-state index contributed by atoms with van der Waals surface area (Å²) in [6.45, 7) is 1.77. The highest BCUT2D eigenvalue weighted by atomic mass is 32.3. The molecule has 0 aromatic rings. The fourth-order valence-electron chi connectivity index (χ4n) is 0.695. The van der Waals surface area contributed by atoms with Gasteiger partial charge in [-0.25, -0.2) is 0 Å². The molecule has 0 aliphatic carbocycles. The van der Waals surface area contributed by atoms with E-state index in [1.165, 1.54) is 0 Å². The van der Waals surface area contributed by atoms with Crippen LogP contribution in [0.2, 0.25) is 0 Å². The Bertz CT molecular complexity index is 226. The molecule has 0 spiro atoms. The molecular weight excluding hydrogens is 194 g/mol. The molecule has 0 fully saturated rings. The summed E-state index contributed by atoms with van der Waals surface area (Å²) in [5, 5.41) is 2.33. The summed E-state index contributed by atoms with van der Waals surface area (Å²) in [6, 6.07) is 0. The minimum Gasteiger partial charge on any atom is -0.405 e. The van der Waals surface area contributed by atoms with Crippen LogP contribution in [0.5, 0.6) is 0 Å². The number of nitrogens with zero attached hydrogens (tertiary/aromatic N) is 1. The molecule has 3 nitrogen and oxygen atoms in total. The average Bonchev–Trinajstić information content (AvgIpc) is 2.54. The van der Waals surface area contributed by atoms with Crippen LogP contribution in [0.25, 0.3) is 0 Å². The molecule has 0 amide bonds. The van der Waals surface area contributed by atoms with Crippen LogP contribution in [0, 0.1) is 0 Å². The van der Waals surface area contributed by atoms with Crippen molar-refractivity contribution in [1.82, 2.24) is 0 Å². The highest BCUT2D eigenvalue weighted by molar-refractivity contribution is 8.46. The third kappa shape index (κ3) is 2.04. The minimum atomic E-state index is -1.57. The van der Waals surface area contributed by atoms with Gasteiger partial charge in [-0.3, -0.25) is 9.79 Å². The van der Waals surface area contributed by atoms with Gasteiger partial charge in [0.25, 0.3) is 0 Å². The third-order valence-corrected chi connectivity index (χ3v) is 4.53. The van der Waals surface area contributed by atoms with Crippen molar-refractivity contribution < 1.29 is 8.98 Å². The number of hydrogen-bond donors (Lipinski definition) is 1. The SMILES string of the molecule is CCC(=O)OS1(CS)C=CN=C1. The molecule has 5 heteroatoms. The second kappa shape index (κ2) is 4.00. The first-order valence-electron chi connectivity index (χ1n) is 3.56. The molecule has 68 valence electrons. The van der Waals surface area contributed by atoms with E-state index in [1.807, 2.05) is 5.41 Å². The first-order valence-corrected chi connectivity index (χ1v) is 6.05. The Kier molecular flexibility index (Phi) is 3.22.